The predicted octanol–water partition coefficient (Wildman–Crippen LogP) is 0.831. The number of ether oxygens (including phenoxy) is 1. The van der Waals surface area contributed by atoms with Gasteiger partial charge in [-0.15, -0.1) is 0 Å². The van der Waals surface area contributed by atoms with Gasteiger partial charge in [-0.1, -0.05) is 0 Å². The number of hydrogen-bond donors (Lipinski definition) is 1. The van der Waals surface area contributed by atoms with Gasteiger partial charge >= 0.3 is 6.03 Å². The Morgan fingerprint density at radius 1 is 1.50 bits per heavy atom. The Balaban J connectivity index is 2.38. The summed E-state index contributed by atoms with van der Waals surface area (Å²) in [6, 6.07) is 3.25. The molecule has 1 aliphatic heterocycles. The van der Waals surface area contributed by atoms with Crippen molar-refractivity contribution in [2.75, 3.05) is 18.6 Å². The minimum atomic E-state index is -1.18. The quantitative estimate of drug-likeness (QED) is 0.884. The molecule has 1 aromatic heterocycles. The zero-order valence-corrected chi connectivity index (χ0v) is 13.0. The number of amides is 2. The third-order valence-electron chi connectivity index (χ3n) is 3.57. The van der Waals surface area contributed by atoms with Crippen LogP contribution in [0.15, 0.2) is 12.4 Å². The molecule has 2 unspecified atom stereocenters. The lowest BCUT2D eigenvalue weighted by Gasteiger charge is -2.22. The second-order valence-corrected chi connectivity index (χ2v) is 5.52. The number of aliphatic hydroxyl groups excluding tert-OH is 1. The molecule has 22 heavy (non-hydrogen) atoms. The second-order valence-electron chi connectivity index (χ2n) is 5.52. The zero-order chi connectivity index (χ0) is 16.5. The maximum atomic E-state index is 12.3. The number of rotatable bonds is 4. The maximum Gasteiger partial charge on any atom is 0.329 e. The van der Waals surface area contributed by atoms with Crippen molar-refractivity contribution in [2.45, 2.75) is 38.6 Å². The van der Waals surface area contributed by atoms with E-state index >= 15 is 0 Å². The van der Waals surface area contributed by atoms with Crippen molar-refractivity contribution in [3.05, 3.63) is 18.1 Å². The Bertz CT molecular complexity index is 613. The average molecular weight is 305 g/mol. The van der Waals surface area contributed by atoms with Gasteiger partial charge in [0.2, 0.25) is 0 Å². The fraction of sp³-hybridized carbons (Fsp3) is 0.571. The molecule has 0 saturated carbocycles. The van der Waals surface area contributed by atoms with Crippen LogP contribution in [0.1, 0.15) is 26.5 Å². The molecule has 2 amide bonds. The number of carbonyl (C=O) groups is 1. The van der Waals surface area contributed by atoms with E-state index in [1.807, 2.05) is 0 Å². The number of nitriles is 1. The Labute approximate surface area is 128 Å². The first-order chi connectivity index (χ1) is 10.3. The minimum absolute atomic E-state index is 0.236. The summed E-state index contributed by atoms with van der Waals surface area (Å²) in [5.41, 5.74) is -0.348. The first-order valence-corrected chi connectivity index (χ1v) is 6.93. The van der Waals surface area contributed by atoms with E-state index in [1.165, 1.54) is 17.3 Å². The first kappa shape index (κ1) is 16.1. The molecule has 8 heteroatoms. The smallest absolute Gasteiger partial charge is 0.329 e. The summed E-state index contributed by atoms with van der Waals surface area (Å²) >= 11 is 0. The van der Waals surface area contributed by atoms with Gasteiger partial charge in [0.25, 0.3) is 0 Å². The number of aromatic nitrogens is 2. The topological polar surface area (TPSA) is 103 Å². The average Bonchev–Trinajstić information content (AvgIpc) is 2.71. The van der Waals surface area contributed by atoms with E-state index in [0.717, 1.165) is 4.90 Å². The molecule has 1 saturated heterocycles. The van der Waals surface area contributed by atoms with Crippen LogP contribution >= 0.6 is 0 Å². The third kappa shape index (κ3) is 2.61. The Hall–Kier alpha value is -2.24. The van der Waals surface area contributed by atoms with Crippen LogP contribution in [-0.2, 0) is 10.2 Å². The molecule has 1 N–H and O–H groups in total. The number of likely N-dealkylation sites (N-methyl/N-ethyl adjacent to an activating group) is 1. The Morgan fingerprint density at radius 2 is 2.18 bits per heavy atom. The van der Waals surface area contributed by atoms with Gasteiger partial charge in [0.15, 0.2) is 12.5 Å². The largest absolute Gasteiger partial charge is 0.369 e. The molecule has 2 heterocycles. The fourth-order valence-electron chi connectivity index (χ4n) is 2.20. The highest BCUT2D eigenvalue weighted by molar-refractivity contribution is 5.93. The van der Waals surface area contributed by atoms with Crippen molar-refractivity contribution < 1.29 is 14.6 Å². The molecular formula is C14H19N5O3. The van der Waals surface area contributed by atoms with Gasteiger partial charge in [0, 0.05) is 19.7 Å². The normalized spacial score (nSPS) is 22.1. The number of anilines is 1. The highest BCUT2D eigenvalue weighted by Gasteiger charge is 2.45. The Kier molecular flexibility index (Phi) is 4.30. The lowest BCUT2D eigenvalue weighted by Crippen LogP contribution is -2.39. The summed E-state index contributed by atoms with van der Waals surface area (Å²) in [4.78, 5) is 22.9. The molecule has 0 aromatic carbocycles. The fourth-order valence-corrected chi connectivity index (χ4v) is 2.20. The molecule has 2 rings (SSSR count). The highest BCUT2D eigenvalue weighted by Crippen LogP contribution is 2.28. The highest BCUT2D eigenvalue weighted by atomic mass is 16.5. The van der Waals surface area contributed by atoms with E-state index in [9.17, 15) is 15.2 Å². The molecule has 118 valence electrons. The van der Waals surface area contributed by atoms with E-state index < -0.39 is 23.9 Å². The summed E-state index contributed by atoms with van der Waals surface area (Å²) in [5.74, 6) is 0.236. The predicted molar refractivity (Wildman–Crippen MR) is 77.7 cm³/mol. The summed E-state index contributed by atoms with van der Waals surface area (Å²) in [7, 11) is 1.55. The third-order valence-corrected chi connectivity index (χ3v) is 3.57. The van der Waals surface area contributed by atoms with Crippen LogP contribution in [0.4, 0.5) is 10.6 Å². The standard InChI is InChI=1S/C14H19N5O3/c1-5-22-12-11(20)19(13(21)18(12)4)10-6-9(16-8-17-10)14(2,3)7-15/h6,8,11-12,20H,5H2,1-4H3. The summed E-state index contributed by atoms with van der Waals surface area (Å²) in [5, 5.41) is 19.5. The maximum absolute atomic E-state index is 12.3. The van der Waals surface area contributed by atoms with Gasteiger partial charge in [-0.2, -0.15) is 5.26 Å². The van der Waals surface area contributed by atoms with Crippen molar-refractivity contribution in [3.8, 4) is 6.07 Å². The van der Waals surface area contributed by atoms with Crippen molar-refractivity contribution in [3.63, 3.8) is 0 Å². The van der Waals surface area contributed by atoms with Crippen molar-refractivity contribution in [1.29, 1.82) is 5.26 Å². The summed E-state index contributed by atoms with van der Waals surface area (Å²) in [6.45, 7) is 5.59. The van der Waals surface area contributed by atoms with Gasteiger partial charge < -0.3 is 9.84 Å². The number of urea groups is 1. The van der Waals surface area contributed by atoms with Crippen LogP contribution < -0.4 is 4.90 Å². The van der Waals surface area contributed by atoms with E-state index in [1.54, 1.807) is 27.8 Å². The number of hydrogen-bond acceptors (Lipinski definition) is 6. The second kappa shape index (κ2) is 5.87. The zero-order valence-electron chi connectivity index (χ0n) is 13.0. The minimum Gasteiger partial charge on any atom is -0.369 e. The molecule has 0 aliphatic carbocycles. The number of aliphatic hydroxyl groups is 1. The van der Waals surface area contributed by atoms with Crippen LogP contribution in [0.25, 0.3) is 0 Å². The van der Waals surface area contributed by atoms with Gasteiger partial charge in [-0.3, -0.25) is 4.90 Å². The van der Waals surface area contributed by atoms with Gasteiger partial charge in [0.1, 0.15) is 12.1 Å². The molecule has 1 aliphatic rings. The van der Waals surface area contributed by atoms with Gasteiger partial charge in [-0.25, -0.2) is 19.7 Å². The lowest BCUT2D eigenvalue weighted by atomic mass is 9.91. The molecule has 1 fully saturated rings. The van der Waals surface area contributed by atoms with E-state index in [0.29, 0.717) is 12.3 Å². The van der Waals surface area contributed by atoms with Gasteiger partial charge in [-0.05, 0) is 20.8 Å². The van der Waals surface area contributed by atoms with Crippen LogP contribution in [0, 0.1) is 11.3 Å². The van der Waals surface area contributed by atoms with Gasteiger partial charge in [0.05, 0.1) is 17.2 Å². The van der Waals surface area contributed by atoms with Crippen LogP contribution in [0.2, 0.25) is 0 Å². The molecule has 1 aromatic rings. The van der Waals surface area contributed by atoms with E-state index in [-0.39, 0.29) is 5.82 Å². The molecule has 0 radical (unpaired) electrons. The summed E-state index contributed by atoms with van der Waals surface area (Å²) < 4.78 is 5.39. The van der Waals surface area contributed by atoms with Crippen molar-refractivity contribution in [1.82, 2.24) is 14.9 Å². The van der Waals surface area contributed by atoms with Crippen LogP contribution in [-0.4, -0.2) is 52.1 Å². The summed E-state index contributed by atoms with van der Waals surface area (Å²) in [6.07, 6.45) is -0.664. The number of carbonyl (C=O) groups excluding carboxylic acids is 1. The van der Waals surface area contributed by atoms with E-state index in [4.69, 9.17) is 4.74 Å². The molecule has 0 bridgehead atoms. The van der Waals surface area contributed by atoms with Crippen molar-refractivity contribution in [2.24, 2.45) is 0 Å². The van der Waals surface area contributed by atoms with Crippen molar-refractivity contribution >= 4 is 11.8 Å². The van der Waals surface area contributed by atoms with E-state index in [2.05, 4.69) is 16.0 Å². The monoisotopic (exact) mass is 305 g/mol. The SMILES string of the molecule is CCOC1C(O)N(c2cc(C(C)(C)C#N)ncn2)C(=O)N1C. The Morgan fingerprint density at radius 3 is 2.77 bits per heavy atom. The molecule has 8 nitrogen and oxygen atoms in total. The first-order valence-electron chi connectivity index (χ1n) is 6.93. The van der Waals surface area contributed by atoms with Crippen LogP contribution in [0.3, 0.4) is 0 Å². The molecular weight excluding hydrogens is 286 g/mol. The lowest BCUT2D eigenvalue weighted by molar-refractivity contribution is -0.0688. The number of nitrogens with zero attached hydrogens (tertiary/aromatic N) is 5. The van der Waals surface area contributed by atoms with Crippen LogP contribution in [0.5, 0.6) is 0 Å². The molecule has 2 atom stereocenters. The molecule has 0 spiro atoms.